The summed E-state index contributed by atoms with van der Waals surface area (Å²) in [7, 11) is 0. The number of aromatic nitrogens is 3. The molecule has 0 radical (unpaired) electrons. The van der Waals surface area contributed by atoms with Gasteiger partial charge >= 0.3 is 0 Å². The van der Waals surface area contributed by atoms with Crippen molar-refractivity contribution in [2.45, 2.75) is 0 Å². The number of benzene rings is 8. The molecule has 0 unspecified atom stereocenters. The fourth-order valence-corrected chi connectivity index (χ4v) is 8.43. The van der Waals surface area contributed by atoms with Crippen LogP contribution in [0.4, 0.5) is 0 Å². The van der Waals surface area contributed by atoms with Crippen LogP contribution in [-0.4, -0.2) is 14.5 Å². The molecule has 0 fully saturated rings. The molecule has 55 heavy (non-hydrogen) atoms. The lowest BCUT2D eigenvalue weighted by atomic mass is 10.0. The van der Waals surface area contributed by atoms with Crippen LogP contribution in [0.3, 0.4) is 0 Å². The van der Waals surface area contributed by atoms with Crippen molar-refractivity contribution in [2.24, 2.45) is 0 Å². The van der Waals surface area contributed by atoms with Crippen molar-refractivity contribution in [3.63, 3.8) is 0 Å². The first-order valence-corrected chi connectivity index (χ1v) is 18.5. The van der Waals surface area contributed by atoms with Crippen molar-refractivity contribution in [1.82, 2.24) is 14.5 Å². The van der Waals surface area contributed by atoms with E-state index in [1.54, 1.807) is 0 Å². The van der Waals surface area contributed by atoms with E-state index >= 15 is 0 Å². The number of hydrogen-bond donors (Lipinski definition) is 0. The lowest BCUT2D eigenvalue weighted by Gasteiger charge is -2.09. The summed E-state index contributed by atoms with van der Waals surface area (Å²) < 4.78 is 15.4. The van der Waals surface area contributed by atoms with Gasteiger partial charge in [0.2, 0.25) is 0 Å². The highest BCUT2D eigenvalue weighted by molar-refractivity contribution is 6.22. The average molecular weight is 704 g/mol. The second kappa shape index (κ2) is 11.5. The van der Waals surface area contributed by atoms with E-state index in [1.807, 2.05) is 36.4 Å². The number of para-hydroxylation sites is 1. The number of fused-ring (bicyclic) bond motifs is 11. The topological polar surface area (TPSA) is 57.0 Å². The minimum atomic E-state index is 0.619. The van der Waals surface area contributed by atoms with Crippen LogP contribution in [0.15, 0.2) is 185 Å². The highest BCUT2D eigenvalue weighted by Gasteiger charge is 2.20. The van der Waals surface area contributed by atoms with Crippen molar-refractivity contribution >= 4 is 76.6 Å². The molecule has 0 spiro atoms. The van der Waals surface area contributed by atoms with Gasteiger partial charge in [-0.3, -0.25) is 0 Å². The van der Waals surface area contributed by atoms with Crippen LogP contribution in [-0.2, 0) is 0 Å². The third-order valence-corrected chi connectivity index (χ3v) is 11.0. The molecule has 256 valence electrons. The predicted octanol–water partition coefficient (Wildman–Crippen LogP) is 13.5. The van der Waals surface area contributed by atoms with E-state index in [4.69, 9.17) is 18.8 Å². The summed E-state index contributed by atoms with van der Waals surface area (Å²) in [6.07, 6.45) is 0. The summed E-state index contributed by atoms with van der Waals surface area (Å²) in [6, 6.07) is 61.6. The third-order valence-electron chi connectivity index (χ3n) is 11.0. The Kier molecular flexibility index (Phi) is 6.27. The number of rotatable bonds is 4. The van der Waals surface area contributed by atoms with Gasteiger partial charge in [0.1, 0.15) is 28.0 Å². The summed E-state index contributed by atoms with van der Waals surface area (Å²) in [6.45, 7) is 0. The molecular weight excluding hydrogens is 675 g/mol. The molecule has 0 atom stereocenters. The molecule has 0 saturated carbocycles. The van der Waals surface area contributed by atoms with Crippen LogP contribution in [0.2, 0.25) is 0 Å². The fraction of sp³-hybridized carbons (Fsp3) is 0. The Labute approximate surface area is 314 Å². The first-order valence-electron chi connectivity index (χ1n) is 18.5. The van der Waals surface area contributed by atoms with Gasteiger partial charge in [-0.2, -0.15) is 0 Å². The zero-order valence-electron chi connectivity index (χ0n) is 29.4. The standard InChI is InChI=1S/C50H29N3O2/c1-3-11-30(12-4-1)33-21-25-41-40(27-33)46-36-16-8-7-13-31(36)20-26-42(46)53(41)35-22-24-38-37-23-19-34(28-44(37)54-45(38)29-35)50-51-47(32-14-5-2-6-15-32)49-48(52-50)39-17-9-10-18-43(39)55-49/h1-29H. The van der Waals surface area contributed by atoms with Crippen LogP contribution in [0.5, 0.6) is 0 Å². The van der Waals surface area contributed by atoms with Gasteiger partial charge in [0, 0.05) is 49.8 Å². The number of furan rings is 2. The second-order valence-corrected chi connectivity index (χ2v) is 14.1. The molecule has 0 aliphatic heterocycles. The van der Waals surface area contributed by atoms with Gasteiger partial charge in [-0.25, -0.2) is 9.97 Å². The fourth-order valence-electron chi connectivity index (χ4n) is 8.43. The van der Waals surface area contributed by atoms with Crippen molar-refractivity contribution in [3.8, 4) is 39.5 Å². The van der Waals surface area contributed by atoms with Gasteiger partial charge in [-0.15, -0.1) is 0 Å². The van der Waals surface area contributed by atoms with E-state index in [1.165, 1.54) is 32.7 Å². The molecule has 4 aromatic heterocycles. The Morgan fingerprint density at radius 1 is 0.400 bits per heavy atom. The zero-order valence-corrected chi connectivity index (χ0v) is 29.4. The normalized spacial score (nSPS) is 12.0. The Morgan fingerprint density at radius 2 is 1.09 bits per heavy atom. The molecule has 4 heterocycles. The molecule has 0 amide bonds. The van der Waals surface area contributed by atoms with Crippen molar-refractivity contribution in [3.05, 3.63) is 176 Å². The minimum absolute atomic E-state index is 0.619. The highest BCUT2D eigenvalue weighted by Crippen LogP contribution is 2.41. The van der Waals surface area contributed by atoms with E-state index in [0.717, 1.165) is 72.0 Å². The van der Waals surface area contributed by atoms with Gasteiger partial charge in [-0.1, -0.05) is 115 Å². The summed E-state index contributed by atoms with van der Waals surface area (Å²) >= 11 is 0. The van der Waals surface area contributed by atoms with E-state index in [2.05, 4.69) is 144 Å². The second-order valence-electron chi connectivity index (χ2n) is 14.1. The van der Waals surface area contributed by atoms with Crippen molar-refractivity contribution < 1.29 is 8.83 Å². The van der Waals surface area contributed by atoms with Gasteiger partial charge < -0.3 is 13.4 Å². The van der Waals surface area contributed by atoms with Crippen LogP contribution in [0.1, 0.15) is 0 Å². The maximum atomic E-state index is 6.69. The van der Waals surface area contributed by atoms with E-state index in [9.17, 15) is 0 Å². The third kappa shape index (κ3) is 4.53. The highest BCUT2D eigenvalue weighted by atomic mass is 16.3. The Balaban J connectivity index is 1.04. The maximum Gasteiger partial charge on any atom is 0.180 e. The molecule has 12 aromatic rings. The molecular formula is C50H29N3O2. The van der Waals surface area contributed by atoms with Crippen LogP contribution >= 0.6 is 0 Å². The zero-order chi connectivity index (χ0) is 36.0. The monoisotopic (exact) mass is 703 g/mol. The Hall–Kier alpha value is -7.50. The summed E-state index contributed by atoms with van der Waals surface area (Å²) in [4.78, 5) is 10.2. The Morgan fingerprint density at radius 3 is 1.95 bits per heavy atom. The summed E-state index contributed by atoms with van der Waals surface area (Å²) in [5, 5.41) is 8.00. The minimum Gasteiger partial charge on any atom is -0.456 e. The van der Waals surface area contributed by atoms with Gasteiger partial charge in [-0.05, 0) is 76.5 Å². The molecule has 0 N–H and O–H groups in total. The van der Waals surface area contributed by atoms with E-state index in [-0.39, 0.29) is 0 Å². The van der Waals surface area contributed by atoms with Crippen LogP contribution in [0.25, 0.3) is 116 Å². The first kappa shape index (κ1) is 30.0. The van der Waals surface area contributed by atoms with Gasteiger partial charge in [0.15, 0.2) is 11.4 Å². The van der Waals surface area contributed by atoms with Crippen LogP contribution in [0, 0.1) is 0 Å². The molecule has 5 nitrogen and oxygen atoms in total. The lowest BCUT2D eigenvalue weighted by Crippen LogP contribution is -1.93. The maximum absolute atomic E-state index is 6.69. The molecule has 0 saturated heterocycles. The summed E-state index contributed by atoms with van der Waals surface area (Å²) in [5.74, 6) is 0.619. The van der Waals surface area contributed by atoms with Crippen LogP contribution < -0.4 is 0 Å². The lowest BCUT2D eigenvalue weighted by molar-refractivity contribution is 0.667. The quantitative estimate of drug-likeness (QED) is 0.183. The first-order chi connectivity index (χ1) is 27.2. The van der Waals surface area contributed by atoms with E-state index < -0.39 is 0 Å². The Bertz CT molecular complexity index is 3480. The van der Waals surface area contributed by atoms with Crippen molar-refractivity contribution in [1.29, 1.82) is 0 Å². The SMILES string of the molecule is c1ccc(-c2ccc3c(c2)c2c4ccccc4ccc2n3-c2ccc3c(c2)oc2cc(-c4nc(-c5ccccc5)c5oc6ccccc6c5n4)ccc23)cc1. The van der Waals surface area contributed by atoms with Gasteiger partial charge in [0.25, 0.3) is 0 Å². The molecule has 5 heteroatoms. The smallest absolute Gasteiger partial charge is 0.180 e. The molecule has 0 aliphatic rings. The van der Waals surface area contributed by atoms with Gasteiger partial charge in [0.05, 0.1) is 11.0 Å². The number of hydrogen-bond acceptors (Lipinski definition) is 4. The molecule has 12 rings (SSSR count). The van der Waals surface area contributed by atoms with E-state index in [0.29, 0.717) is 11.4 Å². The largest absolute Gasteiger partial charge is 0.456 e. The molecule has 0 bridgehead atoms. The summed E-state index contributed by atoms with van der Waals surface area (Å²) in [5.41, 5.74) is 12.2. The number of nitrogens with zero attached hydrogens (tertiary/aromatic N) is 3. The molecule has 0 aliphatic carbocycles. The average Bonchev–Trinajstić information content (AvgIpc) is 3.92. The van der Waals surface area contributed by atoms with Crippen molar-refractivity contribution in [2.75, 3.05) is 0 Å². The molecule has 8 aromatic carbocycles. The predicted molar refractivity (Wildman–Crippen MR) is 225 cm³/mol.